The summed E-state index contributed by atoms with van der Waals surface area (Å²) in [5.41, 5.74) is 2.57. The van der Waals surface area contributed by atoms with Crippen molar-refractivity contribution >= 4 is 11.5 Å². The van der Waals surface area contributed by atoms with Crippen molar-refractivity contribution in [2.24, 2.45) is 0 Å². The van der Waals surface area contributed by atoms with E-state index in [-0.39, 0.29) is 29.6 Å². The minimum Gasteiger partial charge on any atom is -0.461 e. The number of rotatable bonds is 4. The topological polar surface area (TPSA) is 76.5 Å². The van der Waals surface area contributed by atoms with Gasteiger partial charge >= 0.3 is 5.97 Å². The van der Waals surface area contributed by atoms with Crippen molar-refractivity contribution in [3.63, 3.8) is 0 Å². The summed E-state index contributed by atoms with van der Waals surface area (Å²) in [6.45, 7) is 3.63. The molecule has 7 heteroatoms. The third-order valence-corrected chi connectivity index (χ3v) is 4.59. The van der Waals surface area contributed by atoms with E-state index in [0.717, 1.165) is 12.8 Å². The molecular weight excluding hydrogens is 337 g/mol. The number of carbonyl (C=O) groups excluding carboxylic acids is 1. The van der Waals surface area contributed by atoms with Gasteiger partial charge in [-0.3, -0.25) is 4.79 Å². The highest BCUT2D eigenvalue weighted by atomic mass is 19.1. The number of halogens is 1. The van der Waals surface area contributed by atoms with Crippen LogP contribution < -0.4 is 5.56 Å². The predicted molar refractivity (Wildman–Crippen MR) is 93.9 cm³/mol. The molecule has 0 bridgehead atoms. The monoisotopic (exact) mass is 355 g/mol. The Morgan fingerprint density at radius 3 is 2.85 bits per heavy atom. The lowest BCUT2D eigenvalue weighted by molar-refractivity contribution is 0.0517. The molecular formula is C19H18FN3O3. The number of nitrogens with one attached hydrogen (secondary N) is 1. The summed E-state index contributed by atoms with van der Waals surface area (Å²) in [7, 11) is 0. The van der Waals surface area contributed by atoms with Crippen LogP contribution in [0.3, 0.4) is 0 Å². The van der Waals surface area contributed by atoms with Crippen molar-refractivity contribution in [1.82, 2.24) is 14.6 Å². The molecule has 1 aromatic carbocycles. The highest BCUT2D eigenvalue weighted by Gasteiger charge is 2.34. The van der Waals surface area contributed by atoms with Gasteiger partial charge in [0.25, 0.3) is 5.56 Å². The number of esters is 1. The highest BCUT2D eigenvalue weighted by Crippen LogP contribution is 2.43. The number of aryl methyl sites for hydroxylation is 1. The molecule has 3 aromatic rings. The fourth-order valence-corrected chi connectivity index (χ4v) is 3.17. The summed E-state index contributed by atoms with van der Waals surface area (Å²) in [5, 5.41) is 4.33. The lowest BCUT2D eigenvalue weighted by atomic mass is 10.1. The summed E-state index contributed by atoms with van der Waals surface area (Å²) in [5.74, 6) is -0.666. The van der Waals surface area contributed by atoms with Crippen molar-refractivity contribution in [1.29, 1.82) is 0 Å². The minimum atomic E-state index is -0.517. The Morgan fingerprint density at radius 2 is 2.19 bits per heavy atom. The summed E-state index contributed by atoms with van der Waals surface area (Å²) in [6, 6.07) is 4.61. The van der Waals surface area contributed by atoms with Gasteiger partial charge in [-0.2, -0.15) is 5.10 Å². The highest BCUT2D eigenvalue weighted by molar-refractivity contribution is 5.92. The smallest absolute Gasteiger partial charge is 0.359 e. The van der Waals surface area contributed by atoms with Crippen LogP contribution in [0.25, 0.3) is 16.8 Å². The SMILES string of the molecule is CCOC(=O)c1nn2cc(-c3ccc(F)c(C)c3)[nH]c(=O)c2c1C1CC1. The second-order valence-corrected chi connectivity index (χ2v) is 6.51. The van der Waals surface area contributed by atoms with Crippen molar-refractivity contribution < 1.29 is 13.9 Å². The third-order valence-electron chi connectivity index (χ3n) is 4.59. The van der Waals surface area contributed by atoms with E-state index in [9.17, 15) is 14.0 Å². The number of fused-ring (bicyclic) bond motifs is 1. The van der Waals surface area contributed by atoms with E-state index >= 15 is 0 Å². The Balaban J connectivity index is 1.91. The summed E-state index contributed by atoms with van der Waals surface area (Å²) >= 11 is 0. The van der Waals surface area contributed by atoms with Crippen LogP contribution in [-0.2, 0) is 4.74 Å². The molecule has 1 aliphatic carbocycles. The maximum absolute atomic E-state index is 13.5. The summed E-state index contributed by atoms with van der Waals surface area (Å²) in [6.07, 6.45) is 3.50. The quantitative estimate of drug-likeness (QED) is 0.729. The Kier molecular flexibility index (Phi) is 3.86. The van der Waals surface area contributed by atoms with Gasteiger partial charge in [0.05, 0.1) is 18.5 Å². The standard InChI is InChI=1S/C19H18FN3O3/c1-3-26-19(25)16-15(11-4-5-11)17-18(24)21-14(9-23(17)22-16)12-6-7-13(20)10(2)8-12/h6-9,11H,3-5H2,1-2H3,(H,21,24). The van der Waals surface area contributed by atoms with Gasteiger partial charge in [-0.1, -0.05) is 0 Å². The Labute approximate surface area is 148 Å². The van der Waals surface area contributed by atoms with Gasteiger partial charge in [0, 0.05) is 11.1 Å². The van der Waals surface area contributed by atoms with Crippen LogP contribution in [0, 0.1) is 12.7 Å². The molecule has 1 saturated carbocycles. The maximum atomic E-state index is 13.5. The molecule has 6 nitrogen and oxygen atoms in total. The lowest BCUT2D eigenvalue weighted by Crippen LogP contribution is -2.12. The van der Waals surface area contributed by atoms with Crippen LogP contribution in [0.15, 0.2) is 29.2 Å². The van der Waals surface area contributed by atoms with Crippen molar-refractivity contribution in [2.75, 3.05) is 6.61 Å². The summed E-state index contributed by atoms with van der Waals surface area (Å²) < 4.78 is 20.0. The van der Waals surface area contributed by atoms with Crippen LogP contribution >= 0.6 is 0 Å². The van der Waals surface area contributed by atoms with E-state index in [0.29, 0.717) is 27.9 Å². The molecule has 1 N–H and O–H groups in total. The van der Waals surface area contributed by atoms with Gasteiger partial charge in [-0.25, -0.2) is 13.7 Å². The zero-order valence-electron chi connectivity index (χ0n) is 14.5. The predicted octanol–water partition coefficient (Wildman–Crippen LogP) is 3.19. The number of hydrogen-bond acceptors (Lipinski definition) is 4. The number of H-pyrrole nitrogens is 1. The Bertz CT molecular complexity index is 1080. The molecule has 0 aliphatic heterocycles. The number of ether oxygens (including phenoxy) is 1. The average molecular weight is 355 g/mol. The first-order chi connectivity index (χ1) is 12.5. The van der Waals surface area contributed by atoms with Gasteiger partial charge in [0.15, 0.2) is 5.69 Å². The molecule has 0 amide bonds. The van der Waals surface area contributed by atoms with E-state index in [2.05, 4.69) is 10.1 Å². The third kappa shape index (κ3) is 2.69. The van der Waals surface area contributed by atoms with Crippen LogP contribution in [0.4, 0.5) is 4.39 Å². The fraction of sp³-hybridized carbons (Fsp3) is 0.316. The number of nitrogens with zero attached hydrogens (tertiary/aromatic N) is 2. The number of hydrogen-bond donors (Lipinski definition) is 1. The van der Waals surface area contributed by atoms with Crippen molar-refractivity contribution in [3.05, 3.63) is 57.4 Å². The second-order valence-electron chi connectivity index (χ2n) is 6.51. The molecule has 0 spiro atoms. The van der Waals surface area contributed by atoms with Crippen LogP contribution in [0.5, 0.6) is 0 Å². The molecule has 4 rings (SSSR count). The maximum Gasteiger partial charge on any atom is 0.359 e. The van der Waals surface area contributed by atoms with Gasteiger partial charge in [-0.15, -0.1) is 0 Å². The van der Waals surface area contributed by atoms with Crippen LogP contribution in [-0.4, -0.2) is 27.2 Å². The largest absolute Gasteiger partial charge is 0.461 e. The number of carbonyl (C=O) groups is 1. The first-order valence-corrected chi connectivity index (χ1v) is 8.58. The Hall–Kier alpha value is -2.96. The van der Waals surface area contributed by atoms with E-state index in [1.807, 2.05) is 0 Å². The molecule has 134 valence electrons. The van der Waals surface area contributed by atoms with Crippen molar-refractivity contribution in [3.8, 4) is 11.3 Å². The van der Waals surface area contributed by atoms with Gasteiger partial charge in [0.1, 0.15) is 11.3 Å². The average Bonchev–Trinajstić information content (AvgIpc) is 3.37. The summed E-state index contributed by atoms with van der Waals surface area (Å²) in [4.78, 5) is 27.8. The molecule has 26 heavy (non-hydrogen) atoms. The lowest BCUT2D eigenvalue weighted by Gasteiger charge is -2.05. The number of aromatic nitrogens is 3. The second kappa shape index (κ2) is 6.09. The molecule has 1 fully saturated rings. The van der Waals surface area contributed by atoms with Gasteiger partial charge in [0.2, 0.25) is 0 Å². The van der Waals surface area contributed by atoms with E-state index in [4.69, 9.17) is 4.74 Å². The Morgan fingerprint density at radius 1 is 1.42 bits per heavy atom. The van der Waals surface area contributed by atoms with E-state index in [1.165, 1.54) is 10.6 Å². The minimum absolute atomic E-state index is 0.159. The van der Waals surface area contributed by atoms with Crippen LogP contribution in [0.1, 0.15) is 47.3 Å². The first-order valence-electron chi connectivity index (χ1n) is 8.58. The molecule has 2 aromatic heterocycles. The molecule has 0 unspecified atom stereocenters. The normalized spacial score (nSPS) is 14.0. The zero-order chi connectivity index (χ0) is 18.4. The first kappa shape index (κ1) is 16.5. The van der Waals surface area contributed by atoms with Crippen molar-refractivity contribution in [2.45, 2.75) is 32.6 Å². The van der Waals surface area contributed by atoms with E-state index < -0.39 is 5.97 Å². The van der Waals surface area contributed by atoms with Gasteiger partial charge in [-0.05, 0) is 56.4 Å². The number of aromatic amines is 1. The molecule has 0 saturated heterocycles. The molecule has 1 aliphatic rings. The molecule has 2 heterocycles. The molecule has 0 atom stereocenters. The number of benzene rings is 1. The van der Waals surface area contributed by atoms with Crippen LogP contribution in [0.2, 0.25) is 0 Å². The van der Waals surface area contributed by atoms with Gasteiger partial charge < -0.3 is 9.72 Å². The molecule has 0 radical (unpaired) electrons. The van der Waals surface area contributed by atoms with E-state index in [1.54, 1.807) is 32.2 Å². The fourth-order valence-electron chi connectivity index (χ4n) is 3.17. The zero-order valence-corrected chi connectivity index (χ0v) is 14.5.